The van der Waals surface area contributed by atoms with E-state index in [1.165, 1.54) is 0 Å². The second-order valence-corrected chi connectivity index (χ2v) is 3.70. The summed E-state index contributed by atoms with van der Waals surface area (Å²) in [5.74, 6) is 0.747. The van der Waals surface area contributed by atoms with Gasteiger partial charge in [0, 0.05) is 5.56 Å². The van der Waals surface area contributed by atoms with Gasteiger partial charge in [-0.3, -0.25) is 9.59 Å². The molecule has 5 heteroatoms. The van der Waals surface area contributed by atoms with E-state index in [1.54, 1.807) is 12.1 Å². The summed E-state index contributed by atoms with van der Waals surface area (Å²) < 4.78 is 10.8. The lowest BCUT2D eigenvalue weighted by Gasteiger charge is -2.21. The number of carbonyl (C=O) groups is 2. The lowest BCUT2D eigenvalue weighted by Crippen LogP contribution is -2.26. The topological polar surface area (TPSA) is 64.6 Å². The highest BCUT2D eigenvalue weighted by molar-refractivity contribution is 5.97. The van der Waals surface area contributed by atoms with E-state index in [9.17, 15) is 9.59 Å². The molecule has 0 fully saturated rings. The molecule has 17 heavy (non-hydrogen) atoms. The largest absolute Gasteiger partial charge is 0.490 e. The van der Waals surface area contributed by atoms with Crippen molar-refractivity contribution in [2.45, 2.75) is 13.3 Å². The van der Waals surface area contributed by atoms with Gasteiger partial charge in [0.15, 0.2) is 18.1 Å². The summed E-state index contributed by atoms with van der Waals surface area (Å²) in [6.45, 7) is 2.49. The third-order valence-electron chi connectivity index (χ3n) is 2.30. The zero-order valence-electron chi connectivity index (χ0n) is 9.49. The average Bonchev–Trinajstić information content (AvgIpc) is 2.34. The summed E-state index contributed by atoms with van der Waals surface area (Å²) in [5, 5.41) is 2.65. The van der Waals surface area contributed by atoms with Gasteiger partial charge in [-0.1, -0.05) is 6.92 Å². The fourth-order valence-electron chi connectivity index (χ4n) is 1.58. The number of hydrogen-bond acceptors (Lipinski definition) is 4. The maximum Gasteiger partial charge on any atom is 0.262 e. The summed E-state index contributed by atoms with van der Waals surface area (Å²) in [4.78, 5) is 22.0. The molecule has 0 atom stereocenters. The van der Waals surface area contributed by atoms with Crippen LogP contribution in [0.4, 0.5) is 5.69 Å². The standard InChI is InChI=1S/C12H13NO4/c1-2-3-16-10-5-8(6-14)4-9-12(10)17-7-11(15)13-9/h4-6H,2-3,7H2,1H3,(H,13,15). The van der Waals surface area contributed by atoms with Gasteiger partial charge in [0.25, 0.3) is 5.91 Å². The minimum atomic E-state index is -0.234. The quantitative estimate of drug-likeness (QED) is 0.805. The first-order chi connectivity index (χ1) is 8.24. The van der Waals surface area contributed by atoms with Gasteiger partial charge in [0.1, 0.15) is 6.29 Å². The summed E-state index contributed by atoms with van der Waals surface area (Å²) >= 11 is 0. The number of carbonyl (C=O) groups excluding carboxylic acids is 2. The van der Waals surface area contributed by atoms with Crippen molar-refractivity contribution in [1.29, 1.82) is 0 Å². The first-order valence-electron chi connectivity index (χ1n) is 5.43. The Morgan fingerprint density at radius 3 is 3.06 bits per heavy atom. The number of amides is 1. The van der Waals surface area contributed by atoms with E-state index in [4.69, 9.17) is 9.47 Å². The molecule has 0 aromatic heterocycles. The molecule has 0 spiro atoms. The van der Waals surface area contributed by atoms with E-state index >= 15 is 0 Å². The number of nitrogens with one attached hydrogen (secondary N) is 1. The van der Waals surface area contributed by atoms with Crippen molar-refractivity contribution in [3.05, 3.63) is 17.7 Å². The molecule has 0 bridgehead atoms. The Morgan fingerprint density at radius 2 is 2.35 bits per heavy atom. The van der Waals surface area contributed by atoms with Gasteiger partial charge in [-0.05, 0) is 18.6 Å². The number of benzene rings is 1. The zero-order valence-corrected chi connectivity index (χ0v) is 9.49. The van der Waals surface area contributed by atoms with Gasteiger partial charge >= 0.3 is 0 Å². The summed E-state index contributed by atoms with van der Waals surface area (Å²) in [7, 11) is 0. The molecule has 1 aliphatic heterocycles. The normalized spacial score (nSPS) is 13.4. The first-order valence-corrected chi connectivity index (χ1v) is 5.43. The van der Waals surface area contributed by atoms with E-state index in [0.717, 1.165) is 6.42 Å². The molecule has 1 aliphatic rings. The predicted octanol–water partition coefficient (Wildman–Crippen LogP) is 1.62. The molecule has 0 radical (unpaired) electrons. The number of rotatable bonds is 4. The van der Waals surface area contributed by atoms with E-state index in [2.05, 4.69) is 5.32 Å². The van der Waals surface area contributed by atoms with Gasteiger partial charge in [-0.25, -0.2) is 0 Å². The molecule has 1 aromatic carbocycles. The van der Waals surface area contributed by atoms with E-state index in [-0.39, 0.29) is 12.5 Å². The summed E-state index contributed by atoms with van der Waals surface area (Å²) in [6, 6.07) is 3.18. The molecule has 0 aliphatic carbocycles. The molecule has 0 saturated carbocycles. The molecule has 2 rings (SSSR count). The van der Waals surface area contributed by atoms with Crippen LogP contribution in [-0.4, -0.2) is 25.4 Å². The van der Waals surface area contributed by atoms with Gasteiger partial charge in [0.05, 0.1) is 12.3 Å². The van der Waals surface area contributed by atoms with Crippen LogP contribution in [-0.2, 0) is 4.79 Å². The molecule has 90 valence electrons. The monoisotopic (exact) mass is 235 g/mol. The Balaban J connectivity index is 2.39. The Kier molecular flexibility index (Phi) is 3.27. The first kappa shape index (κ1) is 11.4. The third-order valence-corrected chi connectivity index (χ3v) is 2.30. The SMILES string of the molecule is CCCOc1cc(C=O)cc2c1OCC(=O)N2. The molecule has 1 aromatic rings. The Bertz CT molecular complexity index is 456. The molecule has 0 saturated heterocycles. The Labute approximate surface area is 98.7 Å². The van der Waals surface area contributed by atoms with E-state index in [0.29, 0.717) is 35.6 Å². The van der Waals surface area contributed by atoms with Crippen molar-refractivity contribution in [2.24, 2.45) is 0 Å². The number of fused-ring (bicyclic) bond motifs is 1. The zero-order chi connectivity index (χ0) is 12.3. The second kappa shape index (κ2) is 4.86. The smallest absolute Gasteiger partial charge is 0.262 e. The van der Waals surface area contributed by atoms with Gasteiger partial charge < -0.3 is 14.8 Å². The van der Waals surface area contributed by atoms with Crippen LogP contribution in [0.2, 0.25) is 0 Å². The van der Waals surface area contributed by atoms with Crippen LogP contribution in [0.5, 0.6) is 11.5 Å². The van der Waals surface area contributed by atoms with Gasteiger partial charge in [-0.2, -0.15) is 0 Å². The van der Waals surface area contributed by atoms with Crippen LogP contribution < -0.4 is 14.8 Å². The summed E-state index contributed by atoms with van der Waals surface area (Å²) in [6.07, 6.45) is 1.56. The number of anilines is 1. The molecule has 1 amide bonds. The number of hydrogen-bond donors (Lipinski definition) is 1. The lowest BCUT2D eigenvalue weighted by atomic mass is 10.1. The number of ether oxygens (including phenoxy) is 2. The van der Waals surface area contributed by atoms with Crippen LogP contribution >= 0.6 is 0 Å². The molecule has 1 N–H and O–H groups in total. The molecular weight excluding hydrogens is 222 g/mol. The van der Waals surface area contributed by atoms with Crippen molar-refractivity contribution in [3.63, 3.8) is 0 Å². The molecule has 5 nitrogen and oxygen atoms in total. The van der Waals surface area contributed by atoms with Crippen LogP contribution in [0.25, 0.3) is 0 Å². The van der Waals surface area contributed by atoms with Crippen LogP contribution in [0.15, 0.2) is 12.1 Å². The average molecular weight is 235 g/mol. The third kappa shape index (κ3) is 2.38. The van der Waals surface area contributed by atoms with Gasteiger partial charge in [0.2, 0.25) is 0 Å². The van der Waals surface area contributed by atoms with Crippen molar-refractivity contribution in [2.75, 3.05) is 18.5 Å². The highest BCUT2D eigenvalue weighted by atomic mass is 16.5. The van der Waals surface area contributed by atoms with Crippen molar-refractivity contribution in [3.8, 4) is 11.5 Å². The fraction of sp³-hybridized carbons (Fsp3) is 0.333. The lowest BCUT2D eigenvalue weighted by molar-refractivity contribution is -0.118. The van der Waals surface area contributed by atoms with Crippen molar-refractivity contribution < 1.29 is 19.1 Å². The van der Waals surface area contributed by atoms with Crippen molar-refractivity contribution >= 4 is 17.9 Å². The Hall–Kier alpha value is -2.04. The molecule has 1 heterocycles. The molecular formula is C12H13NO4. The molecule has 0 unspecified atom stereocenters. The maximum absolute atomic E-state index is 11.2. The minimum absolute atomic E-state index is 0.0318. The highest BCUT2D eigenvalue weighted by Gasteiger charge is 2.21. The van der Waals surface area contributed by atoms with Crippen LogP contribution in [0.1, 0.15) is 23.7 Å². The van der Waals surface area contributed by atoms with Gasteiger partial charge in [-0.15, -0.1) is 0 Å². The second-order valence-electron chi connectivity index (χ2n) is 3.70. The predicted molar refractivity (Wildman–Crippen MR) is 61.7 cm³/mol. The van der Waals surface area contributed by atoms with E-state index in [1.807, 2.05) is 6.92 Å². The Morgan fingerprint density at radius 1 is 1.53 bits per heavy atom. The van der Waals surface area contributed by atoms with E-state index < -0.39 is 0 Å². The fourth-order valence-corrected chi connectivity index (χ4v) is 1.58. The van der Waals surface area contributed by atoms with Crippen LogP contribution in [0, 0.1) is 0 Å². The summed E-state index contributed by atoms with van der Waals surface area (Å²) in [5.41, 5.74) is 0.928. The minimum Gasteiger partial charge on any atom is -0.490 e. The van der Waals surface area contributed by atoms with Crippen LogP contribution in [0.3, 0.4) is 0 Å². The van der Waals surface area contributed by atoms with Crippen molar-refractivity contribution in [1.82, 2.24) is 0 Å². The highest BCUT2D eigenvalue weighted by Crippen LogP contribution is 2.38. The maximum atomic E-state index is 11.2. The number of aldehydes is 1.